The van der Waals surface area contributed by atoms with E-state index in [-0.39, 0.29) is 12.0 Å². The second kappa shape index (κ2) is 3.29. The number of fused-ring (bicyclic) bond motifs is 1. The molecular formula is C12H18N2O. The van der Waals surface area contributed by atoms with Crippen molar-refractivity contribution in [2.45, 2.75) is 32.3 Å². The normalized spacial score (nSPS) is 28.5. The Balaban J connectivity index is 2.58. The van der Waals surface area contributed by atoms with Gasteiger partial charge in [0.05, 0.1) is 0 Å². The zero-order valence-corrected chi connectivity index (χ0v) is 9.33. The largest absolute Gasteiger partial charge is 0.383 e. The monoisotopic (exact) mass is 206 g/mol. The zero-order chi connectivity index (χ0) is 11.1. The van der Waals surface area contributed by atoms with Crippen LogP contribution in [0, 0.1) is 5.41 Å². The maximum Gasteiger partial charge on any atom is 0.109 e. The molecule has 0 saturated carbocycles. The van der Waals surface area contributed by atoms with Gasteiger partial charge in [-0.3, -0.25) is 4.98 Å². The lowest BCUT2D eigenvalue weighted by molar-refractivity contribution is -0.0777. The van der Waals surface area contributed by atoms with E-state index < -0.39 is 5.60 Å². The summed E-state index contributed by atoms with van der Waals surface area (Å²) >= 11 is 0. The molecule has 0 amide bonds. The van der Waals surface area contributed by atoms with Crippen molar-refractivity contribution in [3.05, 3.63) is 29.6 Å². The quantitative estimate of drug-likeness (QED) is 0.726. The van der Waals surface area contributed by atoms with E-state index in [4.69, 9.17) is 5.73 Å². The molecule has 0 aliphatic heterocycles. The molecule has 3 nitrogen and oxygen atoms in total. The summed E-state index contributed by atoms with van der Waals surface area (Å²) in [5.74, 6) is 0. The highest BCUT2D eigenvalue weighted by atomic mass is 16.3. The van der Waals surface area contributed by atoms with Crippen LogP contribution in [-0.2, 0) is 12.0 Å². The average Bonchev–Trinajstić information content (AvgIpc) is 2.24. The number of nitrogens with two attached hydrogens (primary N) is 1. The van der Waals surface area contributed by atoms with Crippen molar-refractivity contribution < 1.29 is 5.11 Å². The summed E-state index contributed by atoms with van der Waals surface area (Å²) in [7, 11) is 0. The lowest BCUT2D eigenvalue weighted by Crippen LogP contribution is -2.50. The zero-order valence-electron chi connectivity index (χ0n) is 9.33. The Morgan fingerprint density at radius 3 is 2.93 bits per heavy atom. The van der Waals surface area contributed by atoms with Crippen LogP contribution in [0.5, 0.6) is 0 Å². The maximum atomic E-state index is 10.7. The van der Waals surface area contributed by atoms with E-state index >= 15 is 0 Å². The van der Waals surface area contributed by atoms with Gasteiger partial charge in [-0.2, -0.15) is 0 Å². The molecule has 1 heterocycles. The van der Waals surface area contributed by atoms with Gasteiger partial charge in [-0.1, -0.05) is 13.8 Å². The molecule has 0 spiro atoms. The van der Waals surface area contributed by atoms with E-state index in [1.165, 1.54) is 5.56 Å². The summed E-state index contributed by atoms with van der Waals surface area (Å²) in [6.45, 7) is 4.38. The van der Waals surface area contributed by atoms with Crippen LogP contribution in [0.15, 0.2) is 18.5 Å². The number of nitrogens with zero attached hydrogens (tertiary/aromatic N) is 1. The van der Waals surface area contributed by atoms with Crippen LogP contribution in [0.1, 0.15) is 31.4 Å². The fraction of sp³-hybridized carbons (Fsp3) is 0.583. The Kier molecular flexibility index (Phi) is 2.32. The second-order valence-corrected chi connectivity index (χ2v) is 4.98. The van der Waals surface area contributed by atoms with Crippen LogP contribution in [0.2, 0.25) is 0 Å². The van der Waals surface area contributed by atoms with E-state index in [0.717, 1.165) is 18.4 Å². The minimum absolute atomic E-state index is 0.183. The van der Waals surface area contributed by atoms with Gasteiger partial charge in [0.2, 0.25) is 0 Å². The Labute approximate surface area is 90.3 Å². The first-order valence-electron chi connectivity index (χ1n) is 5.37. The van der Waals surface area contributed by atoms with Gasteiger partial charge in [0.15, 0.2) is 0 Å². The molecule has 0 bridgehead atoms. The van der Waals surface area contributed by atoms with Crippen molar-refractivity contribution in [2.24, 2.45) is 11.1 Å². The Morgan fingerprint density at radius 1 is 1.53 bits per heavy atom. The van der Waals surface area contributed by atoms with Crippen molar-refractivity contribution in [1.82, 2.24) is 4.98 Å². The molecule has 1 aromatic rings. The van der Waals surface area contributed by atoms with E-state index in [2.05, 4.69) is 18.8 Å². The first-order valence-corrected chi connectivity index (χ1v) is 5.37. The van der Waals surface area contributed by atoms with Crippen LogP contribution in [-0.4, -0.2) is 16.6 Å². The molecule has 3 heteroatoms. The van der Waals surface area contributed by atoms with Gasteiger partial charge >= 0.3 is 0 Å². The number of hydrogen-bond donors (Lipinski definition) is 2. The minimum Gasteiger partial charge on any atom is -0.383 e. The number of aryl methyl sites for hydroxylation is 1. The van der Waals surface area contributed by atoms with Crippen LogP contribution < -0.4 is 5.73 Å². The third-order valence-corrected chi connectivity index (χ3v) is 3.79. The fourth-order valence-electron chi connectivity index (χ4n) is 2.42. The van der Waals surface area contributed by atoms with Gasteiger partial charge in [0, 0.05) is 24.5 Å². The van der Waals surface area contributed by atoms with E-state index in [0.29, 0.717) is 0 Å². The number of rotatable bonds is 1. The van der Waals surface area contributed by atoms with Gasteiger partial charge in [-0.15, -0.1) is 0 Å². The average molecular weight is 206 g/mol. The maximum absolute atomic E-state index is 10.7. The van der Waals surface area contributed by atoms with Crippen molar-refractivity contribution >= 4 is 0 Å². The van der Waals surface area contributed by atoms with Crippen molar-refractivity contribution in [3.63, 3.8) is 0 Å². The number of pyridine rings is 1. The summed E-state index contributed by atoms with van der Waals surface area (Å²) in [4.78, 5) is 4.09. The number of hydrogen-bond acceptors (Lipinski definition) is 3. The van der Waals surface area contributed by atoms with Gasteiger partial charge in [0.1, 0.15) is 5.60 Å². The minimum atomic E-state index is -0.936. The highest BCUT2D eigenvalue weighted by molar-refractivity contribution is 5.34. The predicted molar refractivity (Wildman–Crippen MR) is 59.3 cm³/mol. The molecule has 0 saturated heterocycles. The topological polar surface area (TPSA) is 59.1 Å². The van der Waals surface area contributed by atoms with E-state index in [1.54, 1.807) is 12.4 Å². The van der Waals surface area contributed by atoms with Gasteiger partial charge in [0.25, 0.3) is 0 Å². The molecule has 1 aliphatic carbocycles. The molecule has 1 atom stereocenters. The molecule has 0 fully saturated rings. The van der Waals surface area contributed by atoms with Gasteiger partial charge in [-0.05, 0) is 29.9 Å². The van der Waals surface area contributed by atoms with Crippen molar-refractivity contribution in [2.75, 3.05) is 6.54 Å². The number of aromatic nitrogens is 1. The fourth-order valence-corrected chi connectivity index (χ4v) is 2.42. The molecule has 1 unspecified atom stereocenters. The van der Waals surface area contributed by atoms with Gasteiger partial charge in [-0.25, -0.2) is 0 Å². The Hall–Kier alpha value is -0.930. The molecule has 3 N–H and O–H groups in total. The first kappa shape index (κ1) is 10.6. The molecule has 1 aliphatic rings. The smallest absolute Gasteiger partial charge is 0.109 e. The lowest BCUT2D eigenvalue weighted by Gasteiger charge is -2.46. The second-order valence-electron chi connectivity index (χ2n) is 4.98. The summed E-state index contributed by atoms with van der Waals surface area (Å²) in [6, 6.07) is 1.98. The standard InChI is InChI=1S/C12H18N2O/c1-11(2)5-3-9-4-6-14-7-10(9)12(11,15)8-13/h4,6-7,15H,3,5,8,13H2,1-2H3. The molecular weight excluding hydrogens is 188 g/mol. The van der Waals surface area contributed by atoms with Crippen LogP contribution in [0.25, 0.3) is 0 Å². The van der Waals surface area contributed by atoms with Gasteiger partial charge < -0.3 is 10.8 Å². The number of aliphatic hydroxyl groups is 1. The van der Waals surface area contributed by atoms with Crippen molar-refractivity contribution in [1.29, 1.82) is 0 Å². The lowest BCUT2D eigenvalue weighted by atomic mass is 9.63. The van der Waals surface area contributed by atoms with E-state index in [1.807, 2.05) is 6.07 Å². The molecule has 0 radical (unpaired) electrons. The predicted octanol–water partition coefficient (Wildman–Crippen LogP) is 1.20. The van der Waals surface area contributed by atoms with Crippen LogP contribution >= 0.6 is 0 Å². The third-order valence-electron chi connectivity index (χ3n) is 3.79. The van der Waals surface area contributed by atoms with Crippen LogP contribution in [0.4, 0.5) is 0 Å². The molecule has 0 aromatic carbocycles. The van der Waals surface area contributed by atoms with E-state index in [9.17, 15) is 5.11 Å². The summed E-state index contributed by atoms with van der Waals surface area (Å²) in [5, 5.41) is 10.7. The van der Waals surface area contributed by atoms with Crippen LogP contribution in [0.3, 0.4) is 0 Å². The Bertz CT molecular complexity index is 376. The van der Waals surface area contributed by atoms with Crippen molar-refractivity contribution in [3.8, 4) is 0 Å². The first-order chi connectivity index (χ1) is 7.01. The molecule has 2 rings (SSSR count). The third kappa shape index (κ3) is 1.38. The SMILES string of the molecule is CC1(C)CCc2ccncc2C1(O)CN. The summed E-state index contributed by atoms with van der Waals surface area (Å²) in [5.41, 5.74) is 6.72. The summed E-state index contributed by atoms with van der Waals surface area (Å²) in [6.07, 6.45) is 5.47. The Morgan fingerprint density at radius 2 is 2.27 bits per heavy atom. The molecule has 15 heavy (non-hydrogen) atoms. The summed E-state index contributed by atoms with van der Waals surface area (Å²) < 4.78 is 0. The molecule has 82 valence electrons. The highest BCUT2D eigenvalue weighted by Crippen LogP contribution is 2.47. The molecule has 1 aromatic heterocycles. The highest BCUT2D eigenvalue weighted by Gasteiger charge is 2.47.